The Morgan fingerprint density at radius 1 is 1.45 bits per heavy atom. The summed E-state index contributed by atoms with van der Waals surface area (Å²) < 4.78 is 1.03. The third kappa shape index (κ3) is 3.45. The van der Waals surface area contributed by atoms with Gasteiger partial charge in [0.2, 0.25) is 0 Å². The quantitative estimate of drug-likeness (QED) is 0.883. The number of aromatic nitrogens is 1. The first-order valence-corrected chi connectivity index (χ1v) is 8.62. The van der Waals surface area contributed by atoms with Gasteiger partial charge in [-0.3, -0.25) is 9.69 Å². The number of nitrogens with zero attached hydrogens (tertiary/aromatic N) is 2. The van der Waals surface area contributed by atoms with Crippen LogP contribution in [0.5, 0.6) is 0 Å². The van der Waals surface area contributed by atoms with Gasteiger partial charge in [-0.25, -0.2) is 4.98 Å². The van der Waals surface area contributed by atoms with E-state index in [1.54, 1.807) is 16.8 Å². The first-order chi connectivity index (χ1) is 10.8. The summed E-state index contributed by atoms with van der Waals surface area (Å²) in [5.41, 5.74) is 3.40. The number of likely N-dealkylation sites (tertiary alicyclic amines) is 1. The molecule has 0 radical (unpaired) electrons. The van der Waals surface area contributed by atoms with Crippen LogP contribution in [-0.4, -0.2) is 53.2 Å². The minimum absolute atomic E-state index is 0.0483. The van der Waals surface area contributed by atoms with E-state index in [-0.39, 0.29) is 18.6 Å². The topological polar surface area (TPSA) is 65.5 Å². The highest BCUT2D eigenvalue weighted by Gasteiger charge is 2.21. The highest BCUT2D eigenvalue weighted by Crippen LogP contribution is 2.19. The fourth-order valence-corrected chi connectivity index (χ4v) is 3.69. The van der Waals surface area contributed by atoms with E-state index < -0.39 is 0 Å². The molecule has 0 spiro atoms. The molecule has 1 aromatic carbocycles. The van der Waals surface area contributed by atoms with Crippen molar-refractivity contribution < 1.29 is 9.90 Å². The van der Waals surface area contributed by atoms with E-state index in [0.29, 0.717) is 12.1 Å². The molecule has 118 valence electrons. The second-order valence-corrected chi connectivity index (χ2v) is 6.55. The van der Waals surface area contributed by atoms with E-state index in [2.05, 4.69) is 15.2 Å². The van der Waals surface area contributed by atoms with Crippen molar-refractivity contribution in [1.82, 2.24) is 15.2 Å². The van der Waals surface area contributed by atoms with Gasteiger partial charge in [0.05, 0.1) is 22.3 Å². The van der Waals surface area contributed by atoms with Crippen LogP contribution >= 0.6 is 11.3 Å². The van der Waals surface area contributed by atoms with Gasteiger partial charge in [-0.15, -0.1) is 11.3 Å². The number of benzene rings is 1. The highest BCUT2D eigenvalue weighted by atomic mass is 32.1. The second-order valence-electron chi connectivity index (χ2n) is 5.66. The molecular formula is C16H21N3O2S. The van der Waals surface area contributed by atoms with Crippen molar-refractivity contribution in [3.8, 4) is 0 Å². The smallest absolute Gasteiger partial charge is 0.251 e. The molecule has 1 aromatic heterocycles. The lowest BCUT2D eigenvalue weighted by Crippen LogP contribution is -2.45. The molecule has 1 unspecified atom stereocenters. The number of amides is 1. The van der Waals surface area contributed by atoms with Gasteiger partial charge in [0.15, 0.2) is 0 Å². The molecule has 0 bridgehead atoms. The Bertz CT molecular complexity index is 643. The number of carbonyl (C=O) groups is 1. The summed E-state index contributed by atoms with van der Waals surface area (Å²) in [6.45, 7) is 2.61. The van der Waals surface area contributed by atoms with Crippen molar-refractivity contribution in [2.24, 2.45) is 0 Å². The summed E-state index contributed by atoms with van der Waals surface area (Å²) >= 11 is 1.54. The van der Waals surface area contributed by atoms with E-state index in [1.807, 2.05) is 18.2 Å². The van der Waals surface area contributed by atoms with Gasteiger partial charge in [-0.05, 0) is 37.6 Å². The van der Waals surface area contributed by atoms with Crippen LogP contribution in [0.15, 0.2) is 23.7 Å². The molecule has 1 fully saturated rings. The number of nitrogens with one attached hydrogen (secondary N) is 1. The lowest BCUT2D eigenvalue weighted by Gasteiger charge is -2.34. The average molecular weight is 319 g/mol. The molecule has 1 aliphatic heterocycles. The van der Waals surface area contributed by atoms with Gasteiger partial charge in [0.1, 0.15) is 0 Å². The molecule has 22 heavy (non-hydrogen) atoms. The van der Waals surface area contributed by atoms with Crippen LogP contribution in [0.25, 0.3) is 10.2 Å². The Kier molecular flexibility index (Phi) is 5.02. The van der Waals surface area contributed by atoms with Crippen LogP contribution in [0.1, 0.15) is 29.6 Å². The predicted molar refractivity (Wildman–Crippen MR) is 88.3 cm³/mol. The zero-order valence-electron chi connectivity index (χ0n) is 12.5. The number of thiazole rings is 1. The molecule has 2 aromatic rings. The molecule has 0 saturated carbocycles. The SMILES string of the molecule is O=C(NCCN1CCCCC1CO)c1ccc2ncsc2c1. The maximum Gasteiger partial charge on any atom is 0.251 e. The fraction of sp³-hybridized carbons (Fsp3) is 0.500. The zero-order chi connectivity index (χ0) is 15.4. The number of fused-ring (bicyclic) bond motifs is 1. The number of aliphatic hydroxyl groups is 1. The normalized spacial score (nSPS) is 19.4. The van der Waals surface area contributed by atoms with Crippen LogP contribution in [0, 0.1) is 0 Å². The Balaban J connectivity index is 1.53. The molecule has 6 heteroatoms. The average Bonchev–Trinajstić information content (AvgIpc) is 3.02. The summed E-state index contributed by atoms with van der Waals surface area (Å²) in [7, 11) is 0. The van der Waals surface area contributed by atoms with Gasteiger partial charge in [-0.2, -0.15) is 0 Å². The number of hydrogen-bond acceptors (Lipinski definition) is 5. The van der Waals surface area contributed by atoms with Gasteiger partial charge in [-0.1, -0.05) is 6.42 Å². The molecule has 1 amide bonds. The van der Waals surface area contributed by atoms with Crippen LogP contribution < -0.4 is 5.32 Å². The third-order valence-corrected chi connectivity index (χ3v) is 5.03. The zero-order valence-corrected chi connectivity index (χ0v) is 13.3. The number of piperidine rings is 1. The first-order valence-electron chi connectivity index (χ1n) is 7.74. The summed E-state index contributed by atoms with van der Waals surface area (Å²) in [5, 5.41) is 12.4. The largest absolute Gasteiger partial charge is 0.395 e. The molecule has 0 aliphatic carbocycles. The van der Waals surface area contributed by atoms with Crippen molar-refractivity contribution in [3.63, 3.8) is 0 Å². The number of aliphatic hydroxyl groups excluding tert-OH is 1. The Morgan fingerprint density at radius 2 is 2.36 bits per heavy atom. The molecule has 2 heterocycles. The molecule has 2 N–H and O–H groups in total. The summed E-state index contributed by atoms with van der Waals surface area (Å²) in [5.74, 6) is -0.0483. The molecule has 1 aliphatic rings. The fourth-order valence-electron chi connectivity index (χ4n) is 2.97. The summed E-state index contributed by atoms with van der Waals surface area (Å²) in [6.07, 6.45) is 3.40. The van der Waals surface area contributed by atoms with Crippen molar-refractivity contribution in [2.45, 2.75) is 25.3 Å². The molecular weight excluding hydrogens is 298 g/mol. The predicted octanol–water partition coefficient (Wildman–Crippen LogP) is 1.87. The highest BCUT2D eigenvalue weighted by molar-refractivity contribution is 7.16. The molecule has 5 nitrogen and oxygen atoms in total. The van der Waals surface area contributed by atoms with Crippen molar-refractivity contribution in [1.29, 1.82) is 0 Å². The number of carbonyl (C=O) groups excluding carboxylic acids is 1. The van der Waals surface area contributed by atoms with E-state index in [1.165, 1.54) is 12.8 Å². The maximum absolute atomic E-state index is 12.2. The van der Waals surface area contributed by atoms with Crippen LogP contribution in [-0.2, 0) is 0 Å². The molecule has 1 atom stereocenters. The van der Waals surface area contributed by atoms with Crippen molar-refractivity contribution >= 4 is 27.5 Å². The number of hydrogen-bond donors (Lipinski definition) is 2. The molecule has 1 saturated heterocycles. The summed E-state index contributed by atoms with van der Waals surface area (Å²) in [4.78, 5) is 18.7. The first kappa shape index (κ1) is 15.4. The lowest BCUT2D eigenvalue weighted by molar-refractivity contribution is 0.0849. The minimum Gasteiger partial charge on any atom is -0.395 e. The molecule has 3 rings (SSSR count). The lowest BCUT2D eigenvalue weighted by atomic mass is 10.0. The van der Waals surface area contributed by atoms with E-state index in [0.717, 1.165) is 29.7 Å². The Hall–Kier alpha value is -1.50. The van der Waals surface area contributed by atoms with Crippen LogP contribution in [0.4, 0.5) is 0 Å². The van der Waals surface area contributed by atoms with Gasteiger partial charge in [0.25, 0.3) is 5.91 Å². The van der Waals surface area contributed by atoms with E-state index in [4.69, 9.17) is 0 Å². The van der Waals surface area contributed by atoms with Crippen LogP contribution in [0.2, 0.25) is 0 Å². The van der Waals surface area contributed by atoms with Crippen molar-refractivity contribution in [2.75, 3.05) is 26.2 Å². The number of rotatable bonds is 5. The van der Waals surface area contributed by atoms with Gasteiger partial charge < -0.3 is 10.4 Å². The maximum atomic E-state index is 12.2. The monoisotopic (exact) mass is 319 g/mol. The van der Waals surface area contributed by atoms with E-state index >= 15 is 0 Å². The Morgan fingerprint density at radius 3 is 3.23 bits per heavy atom. The third-order valence-electron chi connectivity index (χ3n) is 4.24. The Labute approximate surface area is 134 Å². The standard InChI is InChI=1S/C16H21N3O2S/c20-10-13-3-1-2-7-19(13)8-6-17-16(21)12-4-5-14-15(9-12)22-11-18-14/h4-5,9,11,13,20H,1-3,6-8,10H2,(H,17,21). The van der Waals surface area contributed by atoms with E-state index in [9.17, 15) is 9.90 Å². The van der Waals surface area contributed by atoms with Crippen LogP contribution in [0.3, 0.4) is 0 Å². The second kappa shape index (κ2) is 7.17. The minimum atomic E-state index is -0.0483. The summed E-state index contributed by atoms with van der Waals surface area (Å²) in [6, 6.07) is 5.83. The van der Waals surface area contributed by atoms with Crippen molar-refractivity contribution in [3.05, 3.63) is 29.3 Å². The van der Waals surface area contributed by atoms with Gasteiger partial charge in [0, 0.05) is 24.7 Å². The van der Waals surface area contributed by atoms with Gasteiger partial charge >= 0.3 is 0 Å².